The molecule has 0 aromatic heterocycles. The molecule has 9 heteroatoms. The van der Waals surface area contributed by atoms with E-state index in [1.807, 2.05) is 21.1 Å². The Labute approximate surface area is 498 Å². The summed E-state index contributed by atoms with van der Waals surface area (Å²) in [5.74, 6) is -2.29. The van der Waals surface area contributed by atoms with Crippen molar-refractivity contribution >= 4 is 17.9 Å². The van der Waals surface area contributed by atoms with Gasteiger partial charge < -0.3 is 33.3 Å². The predicted octanol–water partition coefficient (Wildman–Crippen LogP) is 18.9. The van der Waals surface area contributed by atoms with E-state index in [0.717, 1.165) is 103 Å². The monoisotopic (exact) mass is 1130 g/mol. The number of rotatable bonds is 60. The lowest BCUT2D eigenvalue weighted by Gasteiger charge is -2.26. The van der Waals surface area contributed by atoms with Crippen LogP contribution < -0.4 is 5.11 Å². The second-order valence-corrected chi connectivity index (χ2v) is 23.0. The minimum atomic E-state index is -1.63. The van der Waals surface area contributed by atoms with Crippen LogP contribution in [0.25, 0.3) is 0 Å². The van der Waals surface area contributed by atoms with Crippen LogP contribution in [0.1, 0.15) is 271 Å². The number of unbranched alkanes of at least 4 members (excludes halogenated alkanes) is 27. The van der Waals surface area contributed by atoms with Gasteiger partial charge in [-0.25, -0.2) is 0 Å². The van der Waals surface area contributed by atoms with E-state index in [9.17, 15) is 19.5 Å². The maximum atomic E-state index is 12.9. The number of quaternary nitrogens is 1. The molecule has 2 unspecified atom stereocenters. The number of esters is 2. The largest absolute Gasteiger partial charge is 0.545 e. The van der Waals surface area contributed by atoms with Gasteiger partial charge in [-0.2, -0.15) is 0 Å². The molecule has 0 aliphatic heterocycles. The summed E-state index contributed by atoms with van der Waals surface area (Å²) in [7, 11) is 5.92. The molecule has 0 radical (unpaired) electrons. The number of allylic oxidation sites excluding steroid dienone is 18. The van der Waals surface area contributed by atoms with Crippen LogP contribution in [0.15, 0.2) is 109 Å². The van der Waals surface area contributed by atoms with Gasteiger partial charge in [-0.1, -0.05) is 271 Å². The third-order valence-corrected chi connectivity index (χ3v) is 14.0. The van der Waals surface area contributed by atoms with Crippen LogP contribution in [0, 0.1) is 0 Å². The number of carbonyl (C=O) groups is 3. The van der Waals surface area contributed by atoms with Crippen LogP contribution >= 0.6 is 0 Å². The van der Waals surface area contributed by atoms with Gasteiger partial charge in [0.1, 0.15) is 13.2 Å². The van der Waals surface area contributed by atoms with Gasteiger partial charge in [-0.05, 0) is 96.3 Å². The van der Waals surface area contributed by atoms with Crippen molar-refractivity contribution in [2.75, 3.05) is 47.5 Å². The van der Waals surface area contributed by atoms with Crippen LogP contribution in [0.3, 0.4) is 0 Å². The van der Waals surface area contributed by atoms with E-state index in [0.29, 0.717) is 17.4 Å². The number of hydrogen-bond acceptors (Lipinski definition) is 8. The summed E-state index contributed by atoms with van der Waals surface area (Å²) in [4.78, 5) is 37.4. The molecule has 9 nitrogen and oxygen atoms in total. The second kappa shape index (κ2) is 62.0. The molecule has 0 aliphatic carbocycles. The fourth-order valence-electron chi connectivity index (χ4n) is 9.03. The topological polar surface area (TPSA) is 111 Å². The van der Waals surface area contributed by atoms with E-state index >= 15 is 0 Å². The number of nitrogens with zero attached hydrogens (tertiary/aromatic N) is 1. The first kappa shape index (κ1) is 77.0. The molecular weight excluding hydrogens is 1010 g/mol. The number of carboxylic acids is 1. The van der Waals surface area contributed by atoms with Crippen molar-refractivity contribution in [1.82, 2.24) is 0 Å². The molecule has 0 N–H and O–H groups in total. The number of carbonyl (C=O) groups excluding carboxylic acids is 3. The predicted molar refractivity (Wildman–Crippen MR) is 343 cm³/mol. The first-order valence-corrected chi connectivity index (χ1v) is 33.0. The van der Waals surface area contributed by atoms with E-state index < -0.39 is 24.3 Å². The van der Waals surface area contributed by atoms with Crippen molar-refractivity contribution in [3.05, 3.63) is 109 Å². The Morgan fingerprint density at radius 1 is 0.370 bits per heavy atom. The molecule has 0 aromatic carbocycles. The van der Waals surface area contributed by atoms with Crippen molar-refractivity contribution in [2.45, 2.75) is 283 Å². The summed E-state index contributed by atoms with van der Waals surface area (Å²) >= 11 is 0. The van der Waals surface area contributed by atoms with Crippen molar-refractivity contribution < 1.29 is 42.9 Å². The van der Waals surface area contributed by atoms with Gasteiger partial charge in [-0.15, -0.1) is 0 Å². The molecule has 0 saturated heterocycles. The molecule has 0 saturated carbocycles. The van der Waals surface area contributed by atoms with E-state index in [1.54, 1.807) is 0 Å². The summed E-state index contributed by atoms with van der Waals surface area (Å²) in [6.45, 7) is 4.53. The summed E-state index contributed by atoms with van der Waals surface area (Å²) in [6, 6.07) is 0. The average molecular weight is 1130 g/mol. The summed E-state index contributed by atoms with van der Waals surface area (Å²) < 4.78 is 22.8. The van der Waals surface area contributed by atoms with E-state index in [-0.39, 0.29) is 38.6 Å². The van der Waals surface area contributed by atoms with Crippen LogP contribution in [0.2, 0.25) is 0 Å². The van der Waals surface area contributed by atoms with Crippen molar-refractivity contribution in [3.8, 4) is 0 Å². The lowest BCUT2D eigenvalue weighted by atomic mass is 10.0. The molecule has 0 bridgehead atoms. The third kappa shape index (κ3) is 63.4. The number of hydrogen-bond donors (Lipinski definition) is 0. The zero-order valence-electron chi connectivity index (χ0n) is 52.9. The standard InChI is InChI=1S/C72H123NO8/c1-6-8-10-12-14-16-18-20-22-24-26-28-30-32-33-34-35-36-37-39-40-42-44-46-48-50-52-54-56-58-60-62-69(74)79-66-68(67-80-72(71(76)77)78-65-64-73(3,4)5)81-70(75)63-61-59-57-55-53-51-49-47-45-43-41-38-31-29-27-25-23-21-19-17-15-13-11-9-7-2/h8-11,14-17,20-23,26-29,38,41,68,72H,6-7,12-13,18-19,24-25,30-37,39-40,42-67H2,1-5H3/b10-8-,11-9-,16-14-,17-15-,22-20-,23-21-,28-26-,29-27-,41-38-. The fraction of sp³-hybridized carbons (Fsp3) is 0.708. The van der Waals surface area contributed by atoms with Crippen LogP contribution in [-0.2, 0) is 33.3 Å². The fourth-order valence-corrected chi connectivity index (χ4v) is 9.03. The molecular formula is C72H123NO8. The molecule has 464 valence electrons. The third-order valence-electron chi connectivity index (χ3n) is 14.0. The number of carboxylic acid groups (broad SMARTS) is 1. The summed E-state index contributed by atoms with van der Waals surface area (Å²) in [5.41, 5.74) is 0. The van der Waals surface area contributed by atoms with Gasteiger partial charge in [-0.3, -0.25) is 9.59 Å². The molecule has 2 atom stereocenters. The Kier molecular flexibility index (Phi) is 58.9. The first-order valence-electron chi connectivity index (χ1n) is 33.0. The van der Waals surface area contributed by atoms with Crippen molar-refractivity contribution in [3.63, 3.8) is 0 Å². The van der Waals surface area contributed by atoms with Crippen molar-refractivity contribution in [2.24, 2.45) is 0 Å². The molecule has 0 aromatic rings. The van der Waals surface area contributed by atoms with Crippen LogP contribution in [0.4, 0.5) is 0 Å². The Balaban J connectivity index is 4.15. The van der Waals surface area contributed by atoms with Gasteiger partial charge in [0, 0.05) is 12.8 Å². The minimum Gasteiger partial charge on any atom is -0.545 e. The molecule has 0 spiro atoms. The normalized spacial score (nSPS) is 13.4. The van der Waals surface area contributed by atoms with Crippen LogP contribution in [-0.4, -0.2) is 82.3 Å². The molecule has 0 aliphatic rings. The Bertz CT molecular complexity index is 1700. The zero-order chi connectivity index (χ0) is 59.1. The highest BCUT2D eigenvalue weighted by Crippen LogP contribution is 2.17. The molecule has 0 heterocycles. The van der Waals surface area contributed by atoms with Gasteiger partial charge in [0.25, 0.3) is 0 Å². The van der Waals surface area contributed by atoms with Gasteiger partial charge in [0.2, 0.25) is 0 Å². The van der Waals surface area contributed by atoms with E-state index in [2.05, 4.69) is 123 Å². The molecule has 81 heavy (non-hydrogen) atoms. The van der Waals surface area contributed by atoms with Gasteiger partial charge >= 0.3 is 11.9 Å². The number of likely N-dealkylation sites (N-methyl/N-ethyl adjacent to an activating group) is 1. The Morgan fingerprint density at radius 2 is 0.667 bits per heavy atom. The Hall–Kier alpha value is -4.05. The minimum absolute atomic E-state index is 0.143. The maximum Gasteiger partial charge on any atom is 0.306 e. The lowest BCUT2D eigenvalue weighted by Crippen LogP contribution is -2.44. The number of aliphatic carboxylic acids is 1. The lowest BCUT2D eigenvalue weighted by molar-refractivity contribution is -0.870. The van der Waals surface area contributed by atoms with Gasteiger partial charge in [0.05, 0.1) is 40.3 Å². The highest BCUT2D eigenvalue weighted by molar-refractivity contribution is 5.70. The molecule has 0 amide bonds. The second-order valence-electron chi connectivity index (χ2n) is 23.0. The summed E-state index contributed by atoms with van der Waals surface area (Å²) in [6.07, 6.45) is 83.0. The Morgan fingerprint density at radius 3 is 0.988 bits per heavy atom. The maximum absolute atomic E-state index is 12.9. The first-order chi connectivity index (χ1) is 39.6. The number of ether oxygens (including phenoxy) is 4. The average Bonchev–Trinajstić information content (AvgIpc) is 3.44. The van der Waals surface area contributed by atoms with Gasteiger partial charge in [0.15, 0.2) is 12.4 Å². The van der Waals surface area contributed by atoms with E-state index in [4.69, 9.17) is 18.9 Å². The van der Waals surface area contributed by atoms with E-state index in [1.165, 1.54) is 135 Å². The highest BCUT2D eigenvalue weighted by atomic mass is 16.7. The summed E-state index contributed by atoms with van der Waals surface area (Å²) in [5, 5.41) is 11.8. The highest BCUT2D eigenvalue weighted by Gasteiger charge is 2.22. The molecule has 0 fully saturated rings. The van der Waals surface area contributed by atoms with Crippen LogP contribution in [0.5, 0.6) is 0 Å². The SMILES string of the molecule is CC/C=C\C/C=C\C/C=C\C/C=C\C/C=C\CCCCCCCCCCCC(=O)OC(COC(=O)CCCCCCCCCCCCCCCCCCCC/C=C\C/C=C\C/C=C\C/C=C\CC)COC(OCC[N+](C)(C)C)C(=O)[O-]. The zero-order valence-corrected chi connectivity index (χ0v) is 52.9. The van der Waals surface area contributed by atoms with Crippen molar-refractivity contribution in [1.29, 1.82) is 0 Å². The quantitative estimate of drug-likeness (QED) is 0.0195. The smallest absolute Gasteiger partial charge is 0.306 e. The molecule has 0 rings (SSSR count).